The molecule has 0 aromatic rings. The van der Waals surface area contributed by atoms with E-state index in [0.717, 1.165) is 0 Å². The molecule has 0 bridgehead atoms. The highest BCUT2D eigenvalue weighted by molar-refractivity contribution is 5.85. The zero-order chi connectivity index (χ0) is 12.3. The summed E-state index contributed by atoms with van der Waals surface area (Å²) in [6.45, 7) is 5.87. The summed E-state index contributed by atoms with van der Waals surface area (Å²) in [6, 6.07) is -1.04. The van der Waals surface area contributed by atoms with E-state index in [4.69, 9.17) is 14.6 Å². The Labute approximate surface area is 93.9 Å². The molecule has 1 aliphatic heterocycles. The Morgan fingerprint density at radius 3 is 2.56 bits per heavy atom. The van der Waals surface area contributed by atoms with Gasteiger partial charge >= 0.3 is 11.9 Å². The average Bonchev–Trinajstić information content (AvgIpc) is 2.15. The van der Waals surface area contributed by atoms with Crippen molar-refractivity contribution in [2.75, 3.05) is 13.2 Å². The Balaban J connectivity index is 2.68. The van der Waals surface area contributed by atoms with Crippen LogP contribution < -0.4 is 5.32 Å². The smallest absolute Gasteiger partial charge is 0.338 e. The van der Waals surface area contributed by atoms with E-state index in [1.54, 1.807) is 20.8 Å². The van der Waals surface area contributed by atoms with Crippen molar-refractivity contribution < 1.29 is 24.2 Å². The van der Waals surface area contributed by atoms with Gasteiger partial charge in [0.25, 0.3) is 0 Å². The third-order valence-electron chi connectivity index (χ3n) is 1.97. The molecule has 1 fully saturated rings. The van der Waals surface area contributed by atoms with Gasteiger partial charge in [-0.2, -0.15) is 0 Å². The minimum atomic E-state index is -1.12. The maximum absolute atomic E-state index is 11.7. The first-order chi connectivity index (χ1) is 7.31. The number of carbonyl (C=O) groups is 2. The molecule has 0 aliphatic carbocycles. The molecule has 1 rings (SSSR count). The molecule has 1 aliphatic rings. The van der Waals surface area contributed by atoms with Gasteiger partial charge in [0.15, 0.2) is 6.10 Å². The van der Waals surface area contributed by atoms with Gasteiger partial charge in [0.1, 0.15) is 11.6 Å². The molecular formula is C10H17NO5. The van der Waals surface area contributed by atoms with Crippen molar-refractivity contribution in [3.63, 3.8) is 0 Å². The van der Waals surface area contributed by atoms with Crippen LogP contribution in [0.25, 0.3) is 0 Å². The molecule has 0 amide bonds. The summed E-state index contributed by atoms with van der Waals surface area (Å²) in [5.41, 5.74) is -0.652. The van der Waals surface area contributed by atoms with Gasteiger partial charge in [0.2, 0.25) is 0 Å². The molecule has 2 N–H and O–H groups in total. The first kappa shape index (κ1) is 12.9. The van der Waals surface area contributed by atoms with Crippen LogP contribution in [0.2, 0.25) is 0 Å². The van der Waals surface area contributed by atoms with E-state index in [1.165, 1.54) is 0 Å². The molecule has 16 heavy (non-hydrogen) atoms. The zero-order valence-electron chi connectivity index (χ0n) is 9.65. The highest BCUT2D eigenvalue weighted by Gasteiger charge is 2.39. The zero-order valence-corrected chi connectivity index (χ0v) is 9.65. The highest BCUT2D eigenvalue weighted by Crippen LogP contribution is 2.13. The molecule has 6 heteroatoms. The van der Waals surface area contributed by atoms with Gasteiger partial charge in [-0.15, -0.1) is 0 Å². The normalized spacial score (nSPS) is 26.2. The first-order valence-electron chi connectivity index (χ1n) is 5.12. The van der Waals surface area contributed by atoms with Crippen LogP contribution in [0.5, 0.6) is 0 Å². The molecule has 0 aromatic carbocycles. The molecule has 6 nitrogen and oxygen atoms in total. The number of carboxylic acid groups (broad SMARTS) is 1. The van der Waals surface area contributed by atoms with E-state index in [-0.39, 0.29) is 0 Å². The minimum absolute atomic E-state index is 0.299. The summed E-state index contributed by atoms with van der Waals surface area (Å²) in [5.74, 6) is -1.76. The Morgan fingerprint density at radius 1 is 1.44 bits per heavy atom. The number of hydrogen-bond acceptors (Lipinski definition) is 5. The predicted octanol–water partition coefficient (Wildman–Crippen LogP) is -0.230. The second kappa shape index (κ2) is 4.80. The van der Waals surface area contributed by atoms with Crippen LogP contribution >= 0.6 is 0 Å². The largest absolute Gasteiger partial charge is 0.480 e. The fourth-order valence-corrected chi connectivity index (χ4v) is 1.38. The van der Waals surface area contributed by atoms with Crippen molar-refractivity contribution in [1.82, 2.24) is 5.32 Å². The lowest BCUT2D eigenvalue weighted by molar-refractivity contribution is -0.177. The van der Waals surface area contributed by atoms with Gasteiger partial charge in [-0.25, -0.2) is 4.79 Å². The summed E-state index contributed by atoms with van der Waals surface area (Å²) in [6.07, 6.45) is -1.08. The summed E-state index contributed by atoms with van der Waals surface area (Å²) in [4.78, 5) is 22.6. The van der Waals surface area contributed by atoms with E-state index in [9.17, 15) is 9.59 Å². The SMILES string of the molecule is CC(C)(C)OC(=O)C1OCCNC1C(=O)O. The van der Waals surface area contributed by atoms with Crippen molar-refractivity contribution >= 4 is 11.9 Å². The Morgan fingerprint density at radius 2 is 2.06 bits per heavy atom. The first-order valence-corrected chi connectivity index (χ1v) is 5.12. The molecule has 1 heterocycles. The van der Waals surface area contributed by atoms with E-state index in [1.807, 2.05) is 0 Å². The molecule has 1 saturated heterocycles. The number of aliphatic carboxylic acids is 1. The van der Waals surface area contributed by atoms with Crippen molar-refractivity contribution in [3.8, 4) is 0 Å². The van der Waals surface area contributed by atoms with Gasteiger partial charge in [0.05, 0.1) is 6.61 Å². The average molecular weight is 231 g/mol. The fraction of sp³-hybridized carbons (Fsp3) is 0.800. The summed E-state index contributed by atoms with van der Waals surface area (Å²) in [5, 5.41) is 11.6. The van der Waals surface area contributed by atoms with Crippen LogP contribution in [0.15, 0.2) is 0 Å². The van der Waals surface area contributed by atoms with Gasteiger partial charge in [-0.05, 0) is 20.8 Å². The summed E-state index contributed by atoms with van der Waals surface area (Å²) >= 11 is 0. The molecule has 2 unspecified atom stereocenters. The fourth-order valence-electron chi connectivity index (χ4n) is 1.38. The minimum Gasteiger partial charge on any atom is -0.480 e. The van der Waals surface area contributed by atoms with Crippen molar-refractivity contribution in [1.29, 1.82) is 0 Å². The quantitative estimate of drug-likeness (QED) is 0.638. The standard InChI is InChI=1S/C10H17NO5/c1-10(2,3)16-9(14)7-6(8(12)13)11-4-5-15-7/h6-7,11H,4-5H2,1-3H3,(H,12,13). The van der Waals surface area contributed by atoms with Crippen LogP contribution in [0.4, 0.5) is 0 Å². The summed E-state index contributed by atoms with van der Waals surface area (Å²) < 4.78 is 10.2. The second-order valence-electron chi connectivity index (χ2n) is 4.59. The number of nitrogens with one attached hydrogen (secondary N) is 1. The number of esters is 1. The van der Waals surface area contributed by atoms with Crippen molar-refractivity contribution in [2.24, 2.45) is 0 Å². The van der Waals surface area contributed by atoms with Crippen molar-refractivity contribution in [2.45, 2.75) is 38.5 Å². The monoisotopic (exact) mass is 231 g/mol. The van der Waals surface area contributed by atoms with Crippen LogP contribution in [0, 0.1) is 0 Å². The van der Waals surface area contributed by atoms with Crippen LogP contribution in [-0.4, -0.2) is 47.9 Å². The maximum atomic E-state index is 11.7. The number of hydrogen-bond donors (Lipinski definition) is 2. The molecule has 0 spiro atoms. The van der Waals surface area contributed by atoms with Gasteiger partial charge in [-0.1, -0.05) is 0 Å². The Hall–Kier alpha value is -1.14. The lowest BCUT2D eigenvalue weighted by atomic mass is 10.1. The molecule has 0 saturated carbocycles. The third-order valence-corrected chi connectivity index (χ3v) is 1.97. The molecule has 92 valence electrons. The topological polar surface area (TPSA) is 84.9 Å². The molecule has 2 atom stereocenters. The predicted molar refractivity (Wildman–Crippen MR) is 55.0 cm³/mol. The van der Waals surface area contributed by atoms with Crippen LogP contribution in [0.1, 0.15) is 20.8 Å². The van der Waals surface area contributed by atoms with Gasteiger partial charge < -0.3 is 14.6 Å². The van der Waals surface area contributed by atoms with Crippen LogP contribution in [0.3, 0.4) is 0 Å². The van der Waals surface area contributed by atoms with Crippen LogP contribution in [-0.2, 0) is 19.1 Å². The van der Waals surface area contributed by atoms with E-state index < -0.39 is 29.7 Å². The van der Waals surface area contributed by atoms with Crippen molar-refractivity contribution in [3.05, 3.63) is 0 Å². The molecule has 0 aromatic heterocycles. The second-order valence-corrected chi connectivity index (χ2v) is 4.59. The van der Waals surface area contributed by atoms with Gasteiger partial charge in [-0.3, -0.25) is 10.1 Å². The van der Waals surface area contributed by atoms with Gasteiger partial charge in [0, 0.05) is 6.54 Å². The number of ether oxygens (including phenoxy) is 2. The lowest BCUT2D eigenvalue weighted by Gasteiger charge is -2.30. The number of carboxylic acids is 1. The number of carbonyl (C=O) groups excluding carboxylic acids is 1. The van der Waals surface area contributed by atoms with E-state index >= 15 is 0 Å². The maximum Gasteiger partial charge on any atom is 0.338 e. The molecule has 0 radical (unpaired) electrons. The van der Waals surface area contributed by atoms with E-state index in [2.05, 4.69) is 5.32 Å². The number of rotatable bonds is 2. The Kier molecular flexibility index (Phi) is 3.88. The van der Waals surface area contributed by atoms with E-state index in [0.29, 0.717) is 13.2 Å². The third kappa shape index (κ3) is 3.46. The highest BCUT2D eigenvalue weighted by atomic mass is 16.6. The summed E-state index contributed by atoms with van der Waals surface area (Å²) in [7, 11) is 0. The lowest BCUT2D eigenvalue weighted by Crippen LogP contribution is -2.57. The Bertz CT molecular complexity index is 283. The molecular weight excluding hydrogens is 214 g/mol. The number of morpholine rings is 1.